The van der Waals surface area contributed by atoms with Crippen molar-refractivity contribution < 1.29 is 22.3 Å². The summed E-state index contributed by atoms with van der Waals surface area (Å²) in [5.41, 5.74) is -0.657. The summed E-state index contributed by atoms with van der Waals surface area (Å²) >= 11 is 0. The van der Waals surface area contributed by atoms with Crippen molar-refractivity contribution in [3.05, 3.63) is 60.0 Å². The van der Waals surface area contributed by atoms with Gasteiger partial charge in [-0.2, -0.15) is 18.2 Å². The average molecular weight is 364 g/mol. The molecule has 1 aromatic carbocycles. The maximum absolute atomic E-state index is 13.5. The Hall–Kier alpha value is -3.23. The van der Waals surface area contributed by atoms with Gasteiger partial charge in [-0.05, 0) is 36.4 Å². The number of ether oxygens (including phenoxy) is 1. The largest absolute Gasteiger partial charge is 0.480 e. The number of hydrogen-bond donors (Lipinski definition) is 1. The summed E-state index contributed by atoms with van der Waals surface area (Å²) in [5, 5.41) is 2.55. The second-order valence-corrected chi connectivity index (χ2v) is 5.12. The number of nitrogens with one attached hydrogen (secondary N) is 1. The maximum Gasteiger partial charge on any atom is 0.425 e. The normalized spacial score (nSPS) is 11.3. The van der Waals surface area contributed by atoms with E-state index >= 15 is 0 Å². The van der Waals surface area contributed by atoms with Gasteiger partial charge >= 0.3 is 6.18 Å². The molecule has 9 heteroatoms. The predicted molar refractivity (Wildman–Crippen MR) is 86.5 cm³/mol. The number of anilines is 2. The van der Waals surface area contributed by atoms with Crippen molar-refractivity contribution in [1.82, 2.24) is 15.0 Å². The second kappa shape index (κ2) is 6.95. The van der Waals surface area contributed by atoms with E-state index in [4.69, 9.17) is 4.74 Å². The van der Waals surface area contributed by atoms with Crippen LogP contribution in [0.1, 0.15) is 5.56 Å². The van der Waals surface area contributed by atoms with Crippen molar-refractivity contribution in [1.29, 1.82) is 0 Å². The Morgan fingerprint density at radius 2 is 1.73 bits per heavy atom. The minimum atomic E-state index is -4.77. The van der Waals surface area contributed by atoms with Crippen LogP contribution in [0, 0.1) is 5.82 Å². The lowest BCUT2D eigenvalue weighted by Crippen LogP contribution is -2.15. The van der Waals surface area contributed by atoms with E-state index in [9.17, 15) is 17.6 Å². The number of aromatic nitrogens is 3. The Labute approximate surface area is 145 Å². The number of hydrogen-bond acceptors (Lipinski definition) is 5. The smallest absolute Gasteiger partial charge is 0.425 e. The molecule has 0 saturated carbocycles. The molecule has 0 atom stereocenters. The van der Waals surface area contributed by atoms with Crippen LogP contribution in [0.5, 0.6) is 5.88 Å². The van der Waals surface area contributed by atoms with Crippen LogP contribution >= 0.6 is 0 Å². The molecule has 5 nitrogen and oxygen atoms in total. The number of methoxy groups -OCH3 is 1. The summed E-state index contributed by atoms with van der Waals surface area (Å²) in [7, 11) is 1.08. The highest BCUT2D eigenvalue weighted by Gasteiger charge is 2.40. The Morgan fingerprint density at radius 3 is 2.31 bits per heavy atom. The number of alkyl halides is 3. The van der Waals surface area contributed by atoms with Crippen molar-refractivity contribution in [3.8, 4) is 17.4 Å². The molecule has 0 unspecified atom stereocenters. The SMILES string of the molecule is COc1nc(-c2ccccn2)nc(Nc2ccc(F)cc2)c1C(F)(F)F. The number of nitrogens with zero attached hydrogens (tertiary/aromatic N) is 3. The third-order valence-corrected chi connectivity index (χ3v) is 3.35. The fourth-order valence-electron chi connectivity index (χ4n) is 2.21. The van der Waals surface area contributed by atoms with Crippen molar-refractivity contribution >= 4 is 11.5 Å². The molecule has 0 aliphatic carbocycles. The van der Waals surface area contributed by atoms with E-state index < -0.39 is 29.3 Å². The first-order valence-electron chi connectivity index (χ1n) is 7.35. The molecule has 3 rings (SSSR count). The Balaban J connectivity index is 2.16. The minimum absolute atomic E-state index is 0.0416. The molecule has 3 aromatic rings. The van der Waals surface area contributed by atoms with Crippen LogP contribution in [-0.4, -0.2) is 22.1 Å². The summed E-state index contributed by atoms with van der Waals surface area (Å²) in [4.78, 5) is 11.8. The summed E-state index contributed by atoms with van der Waals surface area (Å²) in [6.45, 7) is 0. The van der Waals surface area contributed by atoms with Crippen LogP contribution in [0.2, 0.25) is 0 Å². The first-order chi connectivity index (χ1) is 12.4. The molecular formula is C17H12F4N4O. The number of benzene rings is 1. The van der Waals surface area contributed by atoms with Gasteiger partial charge in [0.2, 0.25) is 5.88 Å². The van der Waals surface area contributed by atoms with E-state index in [0.717, 1.165) is 19.2 Å². The number of halogens is 4. The monoisotopic (exact) mass is 364 g/mol. The number of rotatable bonds is 4. The number of pyridine rings is 1. The molecule has 0 saturated heterocycles. The maximum atomic E-state index is 13.5. The first kappa shape index (κ1) is 17.6. The summed E-state index contributed by atoms with van der Waals surface area (Å²) < 4.78 is 58.4. The second-order valence-electron chi connectivity index (χ2n) is 5.12. The van der Waals surface area contributed by atoms with Gasteiger partial charge in [0.1, 0.15) is 11.5 Å². The molecule has 0 fully saturated rings. The average Bonchev–Trinajstić information content (AvgIpc) is 2.62. The van der Waals surface area contributed by atoms with Gasteiger partial charge in [-0.15, -0.1) is 0 Å². The van der Waals surface area contributed by atoms with Gasteiger partial charge in [0.15, 0.2) is 17.2 Å². The van der Waals surface area contributed by atoms with Gasteiger partial charge in [-0.1, -0.05) is 6.07 Å². The molecule has 2 aromatic heterocycles. The van der Waals surface area contributed by atoms with Crippen LogP contribution in [0.4, 0.5) is 29.1 Å². The van der Waals surface area contributed by atoms with E-state index in [1.807, 2.05) is 0 Å². The van der Waals surface area contributed by atoms with Gasteiger partial charge in [-0.25, -0.2) is 9.37 Å². The fourth-order valence-corrected chi connectivity index (χ4v) is 2.21. The van der Waals surface area contributed by atoms with E-state index in [2.05, 4.69) is 20.3 Å². The molecule has 26 heavy (non-hydrogen) atoms. The van der Waals surface area contributed by atoms with Crippen molar-refractivity contribution in [3.63, 3.8) is 0 Å². The summed E-state index contributed by atoms with van der Waals surface area (Å²) in [6, 6.07) is 9.70. The predicted octanol–water partition coefficient (Wildman–Crippen LogP) is 4.45. The Bertz CT molecular complexity index is 899. The Kier molecular flexibility index (Phi) is 4.70. The lowest BCUT2D eigenvalue weighted by Gasteiger charge is -2.17. The lowest BCUT2D eigenvalue weighted by atomic mass is 10.2. The summed E-state index contributed by atoms with van der Waals surface area (Å²) in [5.74, 6) is -1.71. The third-order valence-electron chi connectivity index (χ3n) is 3.35. The Morgan fingerprint density at radius 1 is 1.00 bits per heavy atom. The van der Waals surface area contributed by atoms with E-state index in [0.29, 0.717) is 0 Å². The zero-order chi connectivity index (χ0) is 18.7. The minimum Gasteiger partial charge on any atom is -0.480 e. The van der Waals surface area contributed by atoms with Crippen LogP contribution in [0.3, 0.4) is 0 Å². The summed E-state index contributed by atoms with van der Waals surface area (Å²) in [6.07, 6.45) is -3.30. The van der Waals surface area contributed by atoms with Crippen molar-refractivity contribution in [2.24, 2.45) is 0 Å². The molecule has 0 aliphatic rings. The fraction of sp³-hybridized carbons (Fsp3) is 0.118. The molecule has 0 radical (unpaired) electrons. The highest BCUT2D eigenvalue weighted by molar-refractivity contribution is 5.65. The third kappa shape index (κ3) is 3.71. The molecule has 2 heterocycles. The highest BCUT2D eigenvalue weighted by atomic mass is 19.4. The van der Waals surface area contributed by atoms with Crippen molar-refractivity contribution in [2.75, 3.05) is 12.4 Å². The first-order valence-corrected chi connectivity index (χ1v) is 7.35. The van der Waals surface area contributed by atoms with E-state index in [1.54, 1.807) is 18.2 Å². The zero-order valence-corrected chi connectivity index (χ0v) is 13.4. The van der Waals surface area contributed by atoms with Gasteiger partial charge in [-0.3, -0.25) is 4.98 Å². The molecule has 134 valence electrons. The van der Waals surface area contributed by atoms with Crippen molar-refractivity contribution in [2.45, 2.75) is 6.18 Å². The molecular weight excluding hydrogens is 352 g/mol. The van der Waals surface area contributed by atoms with Gasteiger partial charge < -0.3 is 10.1 Å². The van der Waals surface area contributed by atoms with Crippen LogP contribution < -0.4 is 10.1 Å². The lowest BCUT2D eigenvalue weighted by molar-refractivity contribution is -0.138. The molecule has 0 amide bonds. The zero-order valence-electron chi connectivity index (χ0n) is 13.4. The van der Waals surface area contributed by atoms with Crippen LogP contribution in [0.15, 0.2) is 48.7 Å². The van der Waals surface area contributed by atoms with Crippen LogP contribution in [-0.2, 0) is 6.18 Å². The molecule has 1 N–H and O–H groups in total. The van der Waals surface area contributed by atoms with Gasteiger partial charge in [0, 0.05) is 11.9 Å². The van der Waals surface area contributed by atoms with Gasteiger partial charge in [0.25, 0.3) is 0 Å². The standard InChI is InChI=1S/C17H12F4N4O/c1-26-16-13(17(19,20)21)15(23-11-7-5-10(18)6-8-11)24-14(25-16)12-4-2-3-9-22-12/h2-9H,1H3,(H,23,24,25). The van der Waals surface area contributed by atoms with Gasteiger partial charge in [0.05, 0.1) is 7.11 Å². The van der Waals surface area contributed by atoms with E-state index in [1.165, 1.54) is 18.3 Å². The topological polar surface area (TPSA) is 59.9 Å². The molecule has 0 spiro atoms. The van der Waals surface area contributed by atoms with E-state index in [-0.39, 0.29) is 17.2 Å². The van der Waals surface area contributed by atoms with Crippen LogP contribution in [0.25, 0.3) is 11.5 Å². The highest BCUT2D eigenvalue weighted by Crippen LogP contribution is 2.41. The molecule has 0 aliphatic heterocycles. The molecule has 0 bridgehead atoms. The quantitative estimate of drug-likeness (QED) is 0.693.